The van der Waals surface area contributed by atoms with Crippen LogP contribution in [0.4, 0.5) is 4.39 Å². The Bertz CT molecular complexity index is 929. The highest BCUT2D eigenvalue weighted by Crippen LogP contribution is 2.44. The molecule has 0 N–H and O–H groups in total. The lowest BCUT2D eigenvalue weighted by molar-refractivity contribution is 0.358. The van der Waals surface area contributed by atoms with Gasteiger partial charge in [0.1, 0.15) is 5.82 Å². The number of halogens is 1. The minimum atomic E-state index is -3.73. The van der Waals surface area contributed by atoms with E-state index >= 15 is 0 Å². The van der Waals surface area contributed by atoms with E-state index in [2.05, 4.69) is 31.0 Å². The zero-order chi connectivity index (χ0) is 18.5. The number of hydrogen-bond acceptors (Lipinski definition) is 3. The van der Waals surface area contributed by atoms with Crippen LogP contribution in [0.15, 0.2) is 63.7 Å². The van der Waals surface area contributed by atoms with Gasteiger partial charge in [0, 0.05) is 12.2 Å². The smallest absolute Gasteiger partial charge is 0.264 e. The molecule has 0 bridgehead atoms. The second kappa shape index (κ2) is 6.35. The topological polar surface area (TPSA) is 40.6 Å². The first-order valence-electron chi connectivity index (χ1n) is 8.97. The quantitative estimate of drug-likeness (QED) is 0.796. The van der Waals surface area contributed by atoms with E-state index in [0.717, 1.165) is 42.8 Å². The molecule has 1 unspecified atom stereocenters. The van der Waals surface area contributed by atoms with E-state index in [0.29, 0.717) is 6.42 Å². The summed E-state index contributed by atoms with van der Waals surface area (Å²) < 4.78 is 41.8. The van der Waals surface area contributed by atoms with Crippen LogP contribution in [0.1, 0.15) is 26.2 Å². The fourth-order valence-electron chi connectivity index (χ4n) is 4.16. The van der Waals surface area contributed by atoms with E-state index in [4.69, 9.17) is 0 Å². The maximum Gasteiger partial charge on any atom is 0.264 e. The number of allylic oxidation sites excluding steroid dienone is 3. The van der Waals surface area contributed by atoms with Gasteiger partial charge >= 0.3 is 0 Å². The Morgan fingerprint density at radius 1 is 1.19 bits per heavy atom. The standard InChI is InChI=1S/C20H23FN2O2S/c1-14-5-10-20-17(12-14)18-13-22(2)11-3-4-19(18)23(20)26(24,25)16-8-6-15(21)7-9-16/h5-9,12,20H,3-4,10-11,13H2,1-2H3. The van der Waals surface area contributed by atoms with Crippen molar-refractivity contribution in [2.45, 2.75) is 37.1 Å². The SMILES string of the molecule is CC1=CCC2C(=C1)C1=C(CCCN(C)C1)N2S(=O)(=O)c1ccc(F)cc1. The van der Waals surface area contributed by atoms with Crippen LogP contribution in [0.5, 0.6) is 0 Å². The molecule has 4 rings (SSSR count). The van der Waals surface area contributed by atoms with Gasteiger partial charge in [-0.1, -0.05) is 17.7 Å². The number of fused-ring (bicyclic) bond motifs is 2. The highest BCUT2D eigenvalue weighted by molar-refractivity contribution is 7.89. The normalized spacial score (nSPS) is 24.0. The summed E-state index contributed by atoms with van der Waals surface area (Å²) >= 11 is 0. The van der Waals surface area contributed by atoms with Crippen LogP contribution in [0.2, 0.25) is 0 Å². The summed E-state index contributed by atoms with van der Waals surface area (Å²) in [6.45, 7) is 3.77. The molecular formula is C20H23FN2O2S. The van der Waals surface area contributed by atoms with Gasteiger partial charge in [-0.2, -0.15) is 0 Å². The van der Waals surface area contributed by atoms with Crippen LogP contribution < -0.4 is 0 Å². The molecule has 0 saturated carbocycles. The first-order chi connectivity index (χ1) is 12.4. The van der Waals surface area contributed by atoms with Crippen LogP contribution in [-0.2, 0) is 10.0 Å². The van der Waals surface area contributed by atoms with Crippen molar-refractivity contribution in [2.75, 3.05) is 20.1 Å². The summed E-state index contributed by atoms with van der Waals surface area (Å²) in [5.74, 6) is -0.432. The Morgan fingerprint density at radius 2 is 1.92 bits per heavy atom. The molecule has 1 aromatic carbocycles. The zero-order valence-corrected chi connectivity index (χ0v) is 15.9. The van der Waals surface area contributed by atoms with E-state index in [1.165, 1.54) is 29.8 Å². The summed E-state index contributed by atoms with van der Waals surface area (Å²) in [6, 6.07) is 4.95. The second-order valence-corrected chi connectivity index (χ2v) is 9.14. The van der Waals surface area contributed by atoms with E-state index < -0.39 is 15.8 Å². The molecule has 2 heterocycles. The molecule has 138 valence electrons. The molecule has 0 radical (unpaired) electrons. The second-order valence-electron chi connectivity index (χ2n) is 7.32. The lowest BCUT2D eigenvalue weighted by Crippen LogP contribution is -2.37. The van der Waals surface area contributed by atoms with E-state index in [-0.39, 0.29) is 10.9 Å². The van der Waals surface area contributed by atoms with Crippen molar-refractivity contribution in [3.05, 3.63) is 64.7 Å². The highest BCUT2D eigenvalue weighted by atomic mass is 32.2. The maximum absolute atomic E-state index is 13.4. The van der Waals surface area contributed by atoms with Crippen LogP contribution in [0, 0.1) is 5.82 Å². The molecule has 0 spiro atoms. The summed E-state index contributed by atoms with van der Waals surface area (Å²) in [7, 11) is -1.65. The van der Waals surface area contributed by atoms with Gasteiger partial charge < -0.3 is 4.90 Å². The van der Waals surface area contributed by atoms with Gasteiger partial charge in [-0.3, -0.25) is 4.31 Å². The van der Waals surface area contributed by atoms with E-state index in [1.807, 2.05) is 0 Å². The highest BCUT2D eigenvalue weighted by Gasteiger charge is 2.44. The van der Waals surface area contributed by atoms with Gasteiger partial charge in [0.15, 0.2) is 0 Å². The van der Waals surface area contributed by atoms with Gasteiger partial charge in [0.05, 0.1) is 10.9 Å². The van der Waals surface area contributed by atoms with Gasteiger partial charge in [-0.25, -0.2) is 12.8 Å². The van der Waals surface area contributed by atoms with Crippen molar-refractivity contribution in [2.24, 2.45) is 0 Å². The summed E-state index contributed by atoms with van der Waals surface area (Å²) in [6.07, 6.45) is 6.57. The number of rotatable bonds is 2. The minimum absolute atomic E-state index is 0.149. The van der Waals surface area contributed by atoms with Crippen LogP contribution in [0.25, 0.3) is 0 Å². The van der Waals surface area contributed by atoms with Gasteiger partial charge in [0.2, 0.25) is 0 Å². The molecule has 0 aromatic heterocycles. The average molecular weight is 374 g/mol. The minimum Gasteiger partial charge on any atom is -0.302 e. The number of sulfonamides is 1. The molecule has 0 amide bonds. The Kier molecular flexibility index (Phi) is 4.28. The van der Waals surface area contributed by atoms with Crippen molar-refractivity contribution in [1.82, 2.24) is 9.21 Å². The number of hydrogen-bond donors (Lipinski definition) is 0. The van der Waals surface area contributed by atoms with E-state index in [1.54, 1.807) is 4.31 Å². The Hall–Kier alpha value is -1.92. The predicted octanol–water partition coefficient (Wildman–Crippen LogP) is 3.45. The van der Waals surface area contributed by atoms with Crippen molar-refractivity contribution in [3.63, 3.8) is 0 Å². The Morgan fingerprint density at radius 3 is 2.65 bits per heavy atom. The largest absolute Gasteiger partial charge is 0.302 e. The molecule has 3 aliphatic rings. The fourth-order valence-corrected chi connectivity index (χ4v) is 5.90. The molecule has 1 atom stereocenters. The molecule has 6 heteroatoms. The molecule has 4 nitrogen and oxygen atoms in total. The molecule has 0 fully saturated rings. The number of nitrogens with zero attached hydrogens (tertiary/aromatic N) is 2. The monoisotopic (exact) mass is 374 g/mol. The Balaban J connectivity index is 1.85. The zero-order valence-electron chi connectivity index (χ0n) is 15.1. The molecule has 1 aromatic rings. The summed E-state index contributed by atoms with van der Waals surface area (Å²) in [4.78, 5) is 2.40. The molecular weight excluding hydrogens is 351 g/mol. The molecule has 26 heavy (non-hydrogen) atoms. The van der Waals surface area contributed by atoms with Gasteiger partial charge in [0.25, 0.3) is 10.0 Å². The first kappa shape index (κ1) is 17.5. The van der Waals surface area contributed by atoms with E-state index in [9.17, 15) is 12.8 Å². The van der Waals surface area contributed by atoms with Gasteiger partial charge in [-0.05, 0) is 75.2 Å². The van der Waals surface area contributed by atoms with Crippen molar-refractivity contribution in [1.29, 1.82) is 0 Å². The van der Waals surface area contributed by atoms with Crippen molar-refractivity contribution >= 4 is 10.0 Å². The third-order valence-electron chi connectivity index (χ3n) is 5.40. The maximum atomic E-state index is 13.4. The van der Waals surface area contributed by atoms with Crippen molar-refractivity contribution < 1.29 is 12.8 Å². The average Bonchev–Trinajstić information content (AvgIpc) is 2.76. The summed E-state index contributed by atoms with van der Waals surface area (Å²) in [5.41, 5.74) is 4.36. The number of likely N-dealkylation sites (N-methyl/N-ethyl adjacent to an activating group) is 1. The summed E-state index contributed by atoms with van der Waals surface area (Å²) in [5, 5.41) is 0. The number of benzene rings is 1. The third-order valence-corrected chi connectivity index (χ3v) is 7.26. The predicted molar refractivity (Wildman–Crippen MR) is 99.4 cm³/mol. The molecule has 1 aliphatic carbocycles. The van der Waals surface area contributed by atoms with Crippen LogP contribution in [-0.4, -0.2) is 43.8 Å². The Labute approximate surface area is 154 Å². The van der Waals surface area contributed by atoms with Crippen LogP contribution in [0.3, 0.4) is 0 Å². The lowest BCUT2D eigenvalue weighted by Gasteiger charge is -2.31. The molecule has 2 aliphatic heterocycles. The fraction of sp³-hybridized carbons (Fsp3) is 0.400. The third kappa shape index (κ3) is 2.81. The van der Waals surface area contributed by atoms with Crippen LogP contribution >= 0.6 is 0 Å². The first-order valence-corrected chi connectivity index (χ1v) is 10.4. The lowest BCUT2D eigenvalue weighted by atomic mass is 9.92. The van der Waals surface area contributed by atoms with Gasteiger partial charge in [-0.15, -0.1) is 0 Å². The molecule has 0 saturated heterocycles. The van der Waals surface area contributed by atoms with Crippen molar-refractivity contribution in [3.8, 4) is 0 Å².